The molecule has 1 nitrogen and oxygen atoms in total. The van der Waals surface area contributed by atoms with Crippen molar-refractivity contribution in [1.29, 1.82) is 0 Å². The van der Waals surface area contributed by atoms with Gasteiger partial charge in [0.05, 0.1) is 5.56 Å². The summed E-state index contributed by atoms with van der Waals surface area (Å²) in [6.07, 6.45) is 2.43. The van der Waals surface area contributed by atoms with Crippen LogP contribution in [0.4, 0.5) is 4.39 Å². The molecule has 0 aliphatic heterocycles. The molecule has 0 unspecified atom stereocenters. The van der Waals surface area contributed by atoms with Crippen LogP contribution in [-0.2, 0) is 12.8 Å². The predicted molar refractivity (Wildman–Crippen MR) is 76.0 cm³/mol. The molecule has 0 bridgehead atoms. The number of aldehydes is 1. The molecule has 0 N–H and O–H groups in total. The van der Waals surface area contributed by atoms with Gasteiger partial charge < -0.3 is 0 Å². The summed E-state index contributed by atoms with van der Waals surface area (Å²) in [5.41, 5.74) is 4.55. The van der Waals surface area contributed by atoms with Crippen molar-refractivity contribution >= 4 is 6.29 Å². The molecule has 0 aliphatic carbocycles. The Hall–Kier alpha value is -1.96. The maximum absolute atomic E-state index is 13.4. The highest BCUT2D eigenvalue weighted by atomic mass is 19.1. The van der Waals surface area contributed by atoms with Crippen LogP contribution >= 0.6 is 0 Å². The first-order valence-corrected chi connectivity index (χ1v) is 6.56. The summed E-state index contributed by atoms with van der Waals surface area (Å²) in [5.74, 6) is -0.469. The first-order chi connectivity index (χ1) is 9.19. The van der Waals surface area contributed by atoms with E-state index in [4.69, 9.17) is 0 Å². The summed E-state index contributed by atoms with van der Waals surface area (Å²) in [5, 5.41) is 0. The monoisotopic (exact) mass is 256 g/mol. The van der Waals surface area contributed by atoms with Gasteiger partial charge in [-0.05, 0) is 47.2 Å². The second-order valence-electron chi connectivity index (χ2n) is 4.55. The van der Waals surface area contributed by atoms with Crippen molar-refractivity contribution in [3.63, 3.8) is 0 Å². The summed E-state index contributed by atoms with van der Waals surface area (Å²) in [6, 6.07) is 11.1. The van der Waals surface area contributed by atoms with E-state index in [1.54, 1.807) is 12.1 Å². The molecule has 0 radical (unpaired) electrons. The molecule has 2 rings (SSSR count). The van der Waals surface area contributed by atoms with Gasteiger partial charge in [-0.3, -0.25) is 4.79 Å². The van der Waals surface area contributed by atoms with Crippen LogP contribution in [0.3, 0.4) is 0 Å². The number of benzene rings is 2. The smallest absolute Gasteiger partial charge is 0.153 e. The molecule has 0 atom stereocenters. The summed E-state index contributed by atoms with van der Waals surface area (Å²) in [6.45, 7) is 4.20. The molecule has 2 aromatic carbocycles. The Balaban J connectivity index is 2.59. The number of rotatable bonds is 4. The van der Waals surface area contributed by atoms with Gasteiger partial charge in [0.15, 0.2) is 6.29 Å². The number of aryl methyl sites for hydroxylation is 2. The molecule has 0 fully saturated rings. The van der Waals surface area contributed by atoms with Crippen molar-refractivity contribution in [1.82, 2.24) is 0 Å². The molecule has 2 heteroatoms. The van der Waals surface area contributed by atoms with E-state index in [1.807, 2.05) is 0 Å². The van der Waals surface area contributed by atoms with Gasteiger partial charge in [-0.15, -0.1) is 0 Å². The molecule has 2 aromatic rings. The molecule has 0 amide bonds. The van der Waals surface area contributed by atoms with Crippen LogP contribution in [0.1, 0.15) is 35.3 Å². The zero-order valence-electron chi connectivity index (χ0n) is 11.2. The Kier molecular flexibility index (Phi) is 4.10. The van der Waals surface area contributed by atoms with Crippen molar-refractivity contribution in [2.24, 2.45) is 0 Å². The van der Waals surface area contributed by atoms with Crippen LogP contribution in [-0.4, -0.2) is 6.29 Å². The van der Waals surface area contributed by atoms with Crippen LogP contribution in [0.25, 0.3) is 11.1 Å². The van der Waals surface area contributed by atoms with Crippen LogP contribution < -0.4 is 0 Å². The Morgan fingerprint density at radius 2 is 1.84 bits per heavy atom. The minimum Gasteiger partial charge on any atom is -0.298 e. The lowest BCUT2D eigenvalue weighted by atomic mass is 9.94. The van der Waals surface area contributed by atoms with Crippen molar-refractivity contribution in [2.45, 2.75) is 26.7 Å². The highest BCUT2D eigenvalue weighted by Gasteiger charge is 2.08. The van der Waals surface area contributed by atoms with E-state index in [2.05, 4.69) is 32.0 Å². The zero-order valence-corrected chi connectivity index (χ0v) is 11.2. The van der Waals surface area contributed by atoms with Gasteiger partial charge >= 0.3 is 0 Å². The summed E-state index contributed by atoms with van der Waals surface area (Å²) >= 11 is 0. The molecular formula is C17H17FO. The third-order valence-corrected chi connectivity index (χ3v) is 3.40. The van der Waals surface area contributed by atoms with Crippen molar-refractivity contribution < 1.29 is 9.18 Å². The first-order valence-electron chi connectivity index (χ1n) is 6.56. The van der Waals surface area contributed by atoms with Crippen LogP contribution in [0.15, 0.2) is 36.4 Å². The second-order valence-corrected chi connectivity index (χ2v) is 4.55. The van der Waals surface area contributed by atoms with E-state index < -0.39 is 5.82 Å². The minimum atomic E-state index is -0.469. The first kappa shape index (κ1) is 13.5. The molecule has 98 valence electrons. The fraction of sp³-hybridized carbons (Fsp3) is 0.235. The molecule has 0 heterocycles. The number of carbonyl (C=O) groups is 1. The number of hydrogen-bond acceptors (Lipinski definition) is 1. The van der Waals surface area contributed by atoms with Crippen LogP contribution in [0.5, 0.6) is 0 Å². The number of carbonyl (C=O) groups excluding carboxylic acids is 1. The fourth-order valence-electron chi connectivity index (χ4n) is 2.22. The minimum absolute atomic E-state index is 0.112. The summed E-state index contributed by atoms with van der Waals surface area (Å²) in [7, 11) is 0. The maximum atomic E-state index is 13.4. The quantitative estimate of drug-likeness (QED) is 0.739. The van der Waals surface area contributed by atoms with E-state index in [1.165, 1.54) is 17.2 Å². The molecule has 19 heavy (non-hydrogen) atoms. The average Bonchev–Trinajstić information content (AvgIpc) is 2.47. The van der Waals surface area contributed by atoms with Gasteiger partial charge in [0.2, 0.25) is 0 Å². The predicted octanol–water partition coefficient (Wildman–Crippen LogP) is 4.43. The normalized spacial score (nSPS) is 10.5. The van der Waals surface area contributed by atoms with Crippen molar-refractivity contribution in [3.8, 4) is 11.1 Å². The van der Waals surface area contributed by atoms with Crippen LogP contribution in [0, 0.1) is 5.82 Å². The Morgan fingerprint density at radius 1 is 1.05 bits per heavy atom. The lowest BCUT2D eigenvalue weighted by molar-refractivity contribution is 0.112. The standard InChI is InChI=1S/C17H17FO/c1-3-12-5-6-13(4-2)16(9-12)14-7-8-17(18)15(10-14)11-19/h5-11H,3-4H2,1-2H3. The fourth-order valence-corrected chi connectivity index (χ4v) is 2.22. The Morgan fingerprint density at radius 3 is 2.47 bits per heavy atom. The van der Waals surface area contributed by atoms with E-state index in [0.717, 1.165) is 24.0 Å². The maximum Gasteiger partial charge on any atom is 0.153 e. The molecule has 0 aromatic heterocycles. The molecule has 0 saturated carbocycles. The van der Waals surface area contributed by atoms with Crippen molar-refractivity contribution in [2.75, 3.05) is 0 Å². The van der Waals surface area contributed by atoms with Gasteiger partial charge in [-0.25, -0.2) is 4.39 Å². The third-order valence-electron chi connectivity index (χ3n) is 3.40. The average molecular weight is 256 g/mol. The molecule has 0 aliphatic rings. The van der Waals surface area contributed by atoms with Gasteiger partial charge in [0.1, 0.15) is 5.82 Å². The molecule has 0 spiro atoms. The SMILES string of the molecule is CCc1ccc(CC)c(-c2ccc(F)c(C=O)c2)c1. The van der Waals surface area contributed by atoms with Gasteiger partial charge in [0, 0.05) is 0 Å². The summed E-state index contributed by atoms with van der Waals surface area (Å²) < 4.78 is 13.4. The Bertz CT molecular complexity index is 602. The van der Waals surface area contributed by atoms with Crippen LogP contribution in [0.2, 0.25) is 0 Å². The number of halogens is 1. The third kappa shape index (κ3) is 2.73. The molecular weight excluding hydrogens is 239 g/mol. The van der Waals surface area contributed by atoms with Gasteiger partial charge in [-0.2, -0.15) is 0 Å². The topological polar surface area (TPSA) is 17.1 Å². The largest absolute Gasteiger partial charge is 0.298 e. The van der Waals surface area contributed by atoms with Crippen molar-refractivity contribution in [3.05, 3.63) is 58.9 Å². The summed E-state index contributed by atoms with van der Waals surface area (Å²) in [4.78, 5) is 10.8. The van der Waals surface area contributed by atoms with E-state index in [9.17, 15) is 9.18 Å². The Labute approximate surface area is 113 Å². The molecule has 0 saturated heterocycles. The zero-order chi connectivity index (χ0) is 13.8. The highest BCUT2D eigenvalue weighted by Crippen LogP contribution is 2.27. The van der Waals surface area contributed by atoms with Gasteiger partial charge in [0.25, 0.3) is 0 Å². The van der Waals surface area contributed by atoms with Gasteiger partial charge in [-0.1, -0.05) is 38.1 Å². The van der Waals surface area contributed by atoms with E-state index in [-0.39, 0.29) is 5.56 Å². The lowest BCUT2D eigenvalue weighted by Gasteiger charge is -2.11. The van der Waals surface area contributed by atoms with E-state index >= 15 is 0 Å². The van der Waals surface area contributed by atoms with E-state index in [0.29, 0.717) is 6.29 Å². The lowest BCUT2D eigenvalue weighted by Crippen LogP contribution is -1.93. The highest BCUT2D eigenvalue weighted by molar-refractivity contribution is 5.80. The second kappa shape index (κ2) is 5.79. The number of hydrogen-bond donors (Lipinski definition) is 0.